The van der Waals surface area contributed by atoms with Crippen LogP contribution in [0.1, 0.15) is 63.1 Å². The highest BCUT2D eigenvalue weighted by atomic mass is 16.2. The molecule has 5 nitrogen and oxygen atoms in total. The summed E-state index contributed by atoms with van der Waals surface area (Å²) in [5, 5.41) is 9.42. The van der Waals surface area contributed by atoms with Crippen LogP contribution in [-0.2, 0) is 11.2 Å². The fourth-order valence-corrected chi connectivity index (χ4v) is 6.06. The second kappa shape index (κ2) is 9.93. The molecule has 1 aliphatic carbocycles. The average Bonchev–Trinajstić information content (AvgIpc) is 3.35. The Kier molecular flexibility index (Phi) is 6.75. The minimum absolute atomic E-state index is 0.0830. The Hall–Kier alpha value is -2.63. The quantitative estimate of drug-likeness (QED) is 0.516. The molecule has 3 aromatic rings. The number of hydrazine groups is 1. The van der Waals surface area contributed by atoms with Gasteiger partial charge in [-0.25, -0.2) is 5.01 Å². The molecule has 34 heavy (non-hydrogen) atoms. The van der Waals surface area contributed by atoms with Gasteiger partial charge in [0.05, 0.1) is 6.04 Å². The van der Waals surface area contributed by atoms with Gasteiger partial charge in [0.2, 0.25) is 5.91 Å². The van der Waals surface area contributed by atoms with Crippen molar-refractivity contribution in [3.05, 3.63) is 71.9 Å². The maximum Gasteiger partial charge on any atom is 0.243 e. The van der Waals surface area contributed by atoms with Crippen LogP contribution in [0.5, 0.6) is 0 Å². The van der Waals surface area contributed by atoms with Crippen molar-refractivity contribution in [1.82, 2.24) is 20.3 Å². The average molecular weight is 459 g/mol. The van der Waals surface area contributed by atoms with Crippen molar-refractivity contribution in [1.29, 1.82) is 0 Å². The van der Waals surface area contributed by atoms with E-state index in [1.54, 1.807) is 0 Å². The molecule has 2 N–H and O–H groups in total. The van der Waals surface area contributed by atoms with E-state index in [2.05, 4.69) is 88.8 Å². The van der Waals surface area contributed by atoms with Crippen LogP contribution in [0, 0.1) is 5.41 Å². The Morgan fingerprint density at radius 3 is 2.68 bits per heavy atom. The van der Waals surface area contributed by atoms with E-state index in [1.165, 1.54) is 22.9 Å². The lowest BCUT2D eigenvalue weighted by molar-refractivity contribution is -0.175. The number of nitrogens with one attached hydrogen (secondary N) is 2. The number of nitrogens with zero attached hydrogens (tertiary/aromatic N) is 2. The van der Waals surface area contributed by atoms with Crippen LogP contribution in [0.2, 0.25) is 0 Å². The van der Waals surface area contributed by atoms with E-state index in [0.29, 0.717) is 5.91 Å². The van der Waals surface area contributed by atoms with Crippen LogP contribution in [0.3, 0.4) is 0 Å². The van der Waals surface area contributed by atoms with Crippen molar-refractivity contribution in [3.63, 3.8) is 0 Å². The van der Waals surface area contributed by atoms with Crippen molar-refractivity contribution < 1.29 is 4.79 Å². The molecule has 180 valence electrons. The van der Waals surface area contributed by atoms with Crippen LogP contribution in [0.25, 0.3) is 10.9 Å². The molecule has 5 heteroatoms. The highest BCUT2D eigenvalue weighted by Gasteiger charge is 2.43. The topological polar surface area (TPSA) is 51.4 Å². The smallest absolute Gasteiger partial charge is 0.243 e. The normalized spacial score (nSPS) is 21.9. The maximum absolute atomic E-state index is 14.4. The van der Waals surface area contributed by atoms with Gasteiger partial charge in [-0.15, -0.1) is 0 Å². The molecule has 5 rings (SSSR count). The van der Waals surface area contributed by atoms with E-state index in [4.69, 9.17) is 0 Å². The predicted octanol–water partition coefficient (Wildman–Crippen LogP) is 5.46. The Morgan fingerprint density at radius 2 is 1.88 bits per heavy atom. The summed E-state index contributed by atoms with van der Waals surface area (Å²) in [6.45, 7) is 6.99. The van der Waals surface area contributed by atoms with Crippen LogP contribution in [0.15, 0.2) is 60.8 Å². The summed E-state index contributed by atoms with van der Waals surface area (Å²) in [4.78, 5) is 17.8. The summed E-state index contributed by atoms with van der Waals surface area (Å²) in [6.07, 6.45) is 8.39. The molecule has 0 radical (unpaired) electrons. The zero-order valence-corrected chi connectivity index (χ0v) is 20.6. The van der Waals surface area contributed by atoms with Crippen molar-refractivity contribution in [3.8, 4) is 0 Å². The second-order valence-corrected chi connectivity index (χ2v) is 10.5. The van der Waals surface area contributed by atoms with Crippen molar-refractivity contribution >= 4 is 16.8 Å². The summed E-state index contributed by atoms with van der Waals surface area (Å²) < 4.78 is 0. The Bertz CT molecular complexity index is 1100. The first-order chi connectivity index (χ1) is 16.6. The molecule has 2 aromatic carbocycles. The number of carbonyl (C=O) groups is 1. The highest BCUT2D eigenvalue weighted by molar-refractivity contribution is 5.84. The zero-order chi connectivity index (χ0) is 23.5. The largest absolute Gasteiger partial charge is 0.361 e. The van der Waals surface area contributed by atoms with E-state index in [1.807, 2.05) is 6.20 Å². The van der Waals surface area contributed by atoms with Gasteiger partial charge in [-0.05, 0) is 49.4 Å². The molecule has 1 saturated carbocycles. The van der Waals surface area contributed by atoms with E-state index in [-0.39, 0.29) is 17.5 Å². The number of amides is 1. The van der Waals surface area contributed by atoms with E-state index >= 15 is 0 Å². The van der Waals surface area contributed by atoms with Crippen LogP contribution in [0.4, 0.5) is 0 Å². The van der Waals surface area contributed by atoms with Crippen LogP contribution in [-0.4, -0.2) is 46.6 Å². The molecular formula is C29H38N4O. The molecule has 1 saturated heterocycles. The summed E-state index contributed by atoms with van der Waals surface area (Å²) in [5.74, 6) is 0.309. The number of benzene rings is 2. The lowest BCUT2D eigenvalue weighted by atomic mass is 9.74. The van der Waals surface area contributed by atoms with Crippen molar-refractivity contribution in [2.75, 3.05) is 19.6 Å². The molecule has 2 atom stereocenters. The van der Waals surface area contributed by atoms with Gasteiger partial charge in [0.1, 0.15) is 0 Å². The van der Waals surface area contributed by atoms with Crippen molar-refractivity contribution in [2.24, 2.45) is 5.41 Å². The number of aromatic amines is 1. The number of carbonyl (C=O) groups excluding carboxylic acids is 1. The van der Waals surface area contributed by atoms with Gasteiger partial charge >= 0.3 is 0 Å². The number of rotatable bonds is 6. The van der Waals surface area contributed by atoms with E-state index < -0.39 is 0 Å². The number of hydrogen-bond acceptors (Lipinski definition) is 3. The summed E-state index contributed by atoms with van der Waals surface area (Å²) >= 11 is 0. The molecule has 1 aromatic heterocycles. The standard InChI is InChI=1S/C29H38N4O/c1-22(20-23-10-5-3-6-11-23)33(28(34)29(2)15-7-4-8-16-29)32-19-18-30-21-27(32)25-12-9-13-26-24(25)14-17-31-26/h3,5-6,9-14,17,22,27,30-31H,4,7-8,15-16,18-21H2,1-2H3/t22?,27-/m0/s1. The third kappa shape index (κ3) is 4.51. The third-order valence-electron chi connectivity index (χ3n) is 7.95. The number of piperazine rings is 1. The molecule has 0 bridgehead atoms. The van der Waals surface area contributed by atoms with Crippen LogP contribution >= 0.6 is 0 Å². The molecule has 1 aliphatic heterocycles. The zero-order valence-electron chi connectivity index (χ0n) is 20.6. The van der Waals surface area contributed by atoms with E-state index in [0.717, 1.165) is 57.3 Å². The number of fused-ring (bicyclic) bond motifs is 1. The minimum atomic E-state index is -0.279. The van der Waals surface area contributed by atoms with Gasteiger partial charge in [-0.3, -0.25) is 9.80 Å². The Morgan fingerprint density at radius 1 is 1.09 bits per heavy atom. The lowest BCUT2D eigenvalue weighted by Crippen LogP contribution is -2.61. The molecule has 1 amide bonds. The van der Waals surface area contributed by atoms with Gasteiger partial charge in [-0.1, -0.05) is 68.7 Å². The fraction of sp³-hybridized carbons (Fsp3) is 0.483. The summed E-state index contributed by atoms with van der Waals surface area (Å²) in [5.41, 5.74) is 3.43. The first-order valence-electron chi connectivity index (χ1n) is 13.0. The molecule has 2 aliphatic rings. The Balaban J connectivity index is 1.53. The third-order valence-corrected chi connectivity index (χ3v) is 7.95. The molecule has 2 fully saturated rings. The second-order valence-electron chi connectivity index (χ2n) is 10.5. The summed E-state index contributed by atoms with van der Waals surface area (Å²) in [6, 6.07) is 19.5. The maximum atomic E-state index is 14.4. The van der Waals surface area contributed by atoms with Gasteiger partial charge in [0, 0.05) is 48.2 Å². The molecule has 0 spiro atoms. The number of hydrogen-bond donors (Lipinski definition) is 2. The van der Waals surface area contributed by atoms with Gasteiger partial charge < -0.3 is 10.3 Å². The monoisotopic (exact) mass is 458 g/mol. The van der Waals surface area contributed by atoms with Gasteiger partial charge in [0.25, 0.3) is 0 Å². The summed E-state index contributed by atoms with van der Waals surface area (Å²) in [7, 11) is 0. The molecular weight excluding hydrogens is 420 g/mol. The van der Waals surface area contributed by atoms with Gasteiger partial charge in [0.15, 0.2) is 0 Å². The number of H-pyrrole nitrogens is 1. The molecule has 1 unspecified atom stereocenters. The first-order valence-corrected chi connectivity index (χ1v) is 13.0. The fourth-order valence-electron chi connectivity index (χ4n) is 6.06. The van der Waals surface area contributed by atoms with Gasteiger partial charge in [-0.2, -0.15) is 0 Å². The predicted molar refractivity (Wildman–Crippen MR) is 138 cm³/mol. The minimum Gasteiger partial charge on any atom is -0.361 e. The highest BCUT2D eigenvalue weighted by Crippen LogP contribution is 2.40. The lowest BCUT2D eigenvalue weighted by Gasteiger charge is -2.49. The number of aromatic nitrogens is 1. The van der Waals surface area contributed by atoms with Crippen LogP contribution < -0.4 is 5.32 Å². The Labute approximate surface area is 203 Å². The van der Waals surface area contributed by atoms with Crippen molar-refractivity contribution in [2.45, 2.75) is 64.5 Å². The molecule has 2 heterocycles. The first kappa shape index (κ1) is 23.1. The van der Waals surface area contributed by atoms with E-state index in [9.17, 15) is 4.79 Å². The SMILES string of the molecule is CC(Cc1ccccc1)N(C(=O)C1(C)CCCCC1)N1CCNC[C@H]1c1cccc2[nH]ccc12.